The first-order chi connectivity index (χ1) is 14.1. The fraction of sp³-hybridized carbons (Fsp3) is 0.429. The number of nitrogens with zero attached hydrogens (tertiary/aromatic N) is 1. The van der Waals surface area contributed by atoms with E-state index in [1.54, 1.807) is 43.8 Å². The maximum Gasteiger partial charge on any atom is 0.224 e. The number of hydrogen-bond acceptors (Lipinski definition) is 6. The Bertz CT molecular complexity index is 851. The molecule has 29 heavy (non-hydrogen) atoms. The van der Waals surface area contributed by atoms with Crippen LogP contribution in [0, 0.1) is 0 Å². The lowest BCUT2D eigenvalue weighted by atomic mass is 10.1. The van der Waals surface area contributed by atoms with E-state index in [2.05, 4.69) is 16.8 Å². The first-order valence-corrected chi connectivity index (χ1v) is 10.4. The van der Waals surface area contributed by atoms with Crippen LogP contribution < -0.4 is 14.8 Å². The molecular weight excluding hydrogens is 392 g/mol. The van der Waals surface area contributed by atoms with Gasteiger partial charge in [0.1, 0.15) is 6.61 Å². The van der Waals surface area contributed by atoms with Gasteiger partial charge in [-0.25, -0.2) is 0 Å². The number of thiophene rings is 1. The quantitative estimate of drug-likeness (QED) is 0.634. The zero-order valence-corrected chi connectivity index (χ0v) is 17.5. The van der Waals surface area contributed by atoms with Crippen LogP contribution in [0.25, 0.3) is 0 Å². The molecule has 0 fully saturated rings. The van der Waals surface area contributed by atoms with Gasteiger partial charge in [-0.1, -0.05) is 0 Å². The highest BCUT2D eigenvalue weighted by Gasteiger charge is 2.21. The Balaban J connectivity index is 1.50. The van der Waals surface area contributed by atoms with Crippen LogP contribution in [0.3, 0.4) is 0 Å². The summed E-state index contributed by atoms with van der Waals surface area (Å²) >= 11 is 1.74. The number of ether oxygens (including phenoxy) is 3. The van der Waals surface area contributed by atoms with Gasteiger partial charge in [0.15, 0.2) is 11.5 Å². The van der Waals surface area contributed by atoms with Crippen molar-refractivity contribution in [2.45, 2.75) is 25.8 Å². The van der Waals surface area contributed by atoms with Gasteiger partial charge in [0.25, 0.3) is 0 Å². The van der Waals surface area contributed by atoms with Crippen molar-refractivity contribution in [3.05, 3.63) is 40.1 Å². The summed E-state index contributed by atoms with van der Waals surface area (Å²) in [6, 6.07) is 7.25. The lowest BCUT2D eigenvalue weighted by Crippen LogP contribution is -2.35. The molecule has 8 heteroatoms. The van der Waals surface area contributed by atoms with Gasteiger partial charge in [-0.05, 0) is 35.6 Å². The minimum Gasteiger partial charge on any atom is -0.493 e. The number of carbonyl (C=O) groups is 2. The Labute approximate surface area is 174 Å². The van der Waals surface area contributed by atoms with Crippen molar-refractivity contribution >= 4 is 28.8 Å². The predicted octanol–water partition coefficient (Wildman–Crippen LogP) is 3.09. The molecule has 1 aliphatic rings. The van der Waals surface area contributed by atoms with E-state index < -0.39 is 0 Å². The van der Waals surface area contributed by atoms with Gasteiger partial charge in [0, 0.05) is 49.7 Å². The van der Waals surface area contributed by atoms with Crippen molar-refractivity contribution in [1.82, 2.24) is 4.90 Å². The number of amides is 2. The van der Waals surface area contributed by atoms with Gasteiger partial charge in [-0.3, -0.25) is 9.59 Å². The van der Waals surface area contributed by atoms with E-state index in [4.69, 9.17) is 14.2 Å². The van der Waals surface area contributed by atoms with Gasteiger partial charge in [0.2, 0.25) is 11.8 Å². The second-order valence-electron chi connectivity index (χ2n) is 6.69. The number of methoxy groups -OCH3 is 2. The van der Waals surface area contributed by atoms with Crippen molar-refractivity contribution < 1.29 is 23.8 Å². The van der Waals surface area contributed by atoms with E-state index in [0.717, 1.165) is 6.42 Å². The second kappa shape index (κ2) is 10.3. The third-order valence-electron chi connectivity index (χ3n) is 4.72. The van der Waals surface area contributed by atoms with Gasteiger partial charge in [0.05, 0.1) is 13.7 Å². The summed E-state index contributed by atoms with van der Waals surface area (Å²) in [7, 11) is 3.16. The summed E-state index contributed by atoms with van der Waals surface area (Å²) in [6.07, 6.45) is 1.22. The topological polar surface area (TPSA) is 77.1 Å². The first-order valence-electron chi connectivity index (χ1n) is 9.53. The van der Waals surface area contributed by atoms with E-state index in [9.17, 15) is 9.59 Å². The SMILES string of the molecule is COCCOc1cc(NC(=O)CCC(=O)N2CCc3sccc3C2)ccc1OC. The summed E-state index contributed by atoms with van der Waals surface area (Å²) in [4.78, 5) is 28.0. The predicted molar refractivity (Wildman–Crippen MR) is 112 cm³/mol. The lowest BCUT2D eigenvalue weighted by molar-refractivity contribution is -0.133. The second-order valence-corrected chi connectivity index (χ2v) is 7.69. The highest BCUT2D eigenvalue weighted by molar-refractivity contribution is 7.10. The maximum absolute atomic E-state index is 12.5. The molecule has 0 bridgehead atoms. The summed E-state index contributed by atoms with van der Waals surface area (Å²) in [6.45, 7) is 2.18. The minimum absolute atomic E-state index is 0.00955. The molecule has 1 aromatic heterocycles. The number of rotatable bonds is 9. The van der Waals surface area contributed by atoms with Crippen LogP contribution >= 0.6 is 11.3 Å². The van der Waals surface area contributed by atoms with Crippen LogP contribution in [0.5, 0.6) is 11.5 Å². The van der Waals surface area contributed by atoms with Crippen LogP contribution in [0.15, 0.2) is 29.6 Å². The van der Waals surface area contributed by atoms with E-state index in [1.807, 2.05) is 4.90 Å². The van der Waals surface area contributed by atoms with Crippen molar-refractivity contribution in [2.75, 3.05) is 39.3 Å². The van der Waals surface area contributed by atoms with Crippen LogP contribution in [0.4, 0.5) is 5.69 Å². The van der Waals surface area contributed by atoms with Crippen LogP contribution in [-0.2, 0) is 27.3 Å². The van der Waals surface area contributed by atoms with Crippen molar-refractivity contribution in [2.24, 2.45) is 0 Å². The monoisotopic (exact) mass is 418 g/mol. The molecule has 2 heterocycles. The minimum atomic E-state index is -0.209. The van der Waals surface area contributed by atoms with Crippen molar-refractivity contribution in [3.8, 4) is 11.5 Å². The molecule has 2 amide bonds. The molecule has 2 aromatic rings. The van der Waals surface area contributed by atoms with Gasteiger partial charge >= 0.3 is 0 Å². The molecule has 0 aliphatic carbocycles. The van der Waals surface area contributed by atoms with Crippen molar-refractivity contribution in [3.63, 3.8) is 0 Å². The Hall–Kier alpha value is -2.58. The summed E-state index contributed by atoms with van der Waals surface area (Å²) in [5.41, 5.74) is 1.81. The highest BCUT2D eigenvalue weighted by Crippen LogP contribution is 2.30. The summed E-state index contributed by atoms with van der Waals surface area (Å²) < 4.78 is 15.9. The van der Waals surface area contributed by atoms with Gasteiger partial charge < -0.3 is 24.4 Å². The van der Waals surface area contributed by atoms with Crippen LogP contribution in [0.1, 0.15) is 23.3 Å². The Kier molecular flexibility index (Phi) is 7.48. The van der Waals surface area contributed by atoms with E-state index in [0.29, 0.717) is 43.5 Å². The molecule has 0 saturated carbocycles. The van der Waals surface area contributed by atoms with E-state index in [1.165, 1.54) is 10.4 Å². The van der Waals surface area contributed by atoms with Gasteiger partial charge in [-0.15, -0.1) is 11.3 Å². The maximum atomic E-state index is 12.5. The number of nitrogens with one attached hydrogen (secondary N) is 1. The Morgan fingerprint density at radius 2 is 2.00 bits per heavy atom. The highest BCUT2D eigenvalue weighted by atomic mass is 32.1. The molecule has 1 aromatic carbocycles. The average Bonchev–Trinajstić information content (AvgIpc) is 3.20. The number of carbonyl (C=O) groups excluding carboxylic acids is 2. The van der Waals surface area contributed by atoms with Crippen LogP contribution in [-0.4, -0.2) is 50.7 Å². The molecule has 0 atom stereocenters. The lowest BCUT2D eigenvalue weighted by Gasteiger charge is -2.27. The molecule has 1 N–H and O–H groups in total. The molecule has 0 unspecified atom stereocenters. The largest absolute Gasteiger partial charge is 0.493 e. The number of anilines is 1. The average molecular weight is 419 g/mol. The normalized spacial score (nSPS) is 13.0. The molecule has 3 rings (SSSR count). The Morgan fingerprint density at radius 3 is 2.79 bits per heavy atom. The van der Waals surface area contributed by atoms with Gasteiger partial charge in [-0.2, -0.15) is 0 Å². The van der Waals surface area contributed by atoms with E-state index in [-0.39, 0.29) is 24.7 Å². The number of fused-ring (bicyclic) bond motifs is 1. The molecule has 0 saturated heterocycles. The number of benzene rings is 1. The number of hydrogen-bond donors (Lipinski definition) is 1. The third kappa shape index (κ3) is 5.71. The molecule has 156 valence electrons. The molecule has 0 spiro atoms. The van der Waals surface area contributed by atoms with E-state index >= 15 is 0 Å². The Morgan fingerprint density at radius 1 is 1.14 bits per heavy atom. The molecular formula is C21H26N2O5S. The zero-order valence-electron chi connectivity index (χ0n) is 16.7. The summed E-state index contributed by atoms with van der Waals surface area (Å²) in [5.74, 6) is 0.903. The third-order valence-corrected chi connectivity index (χ3v) is 5.74. The zero-order chi connectivity index (χ0) is 20.6. The molecule has 7 nitrogen and oxygen atoms in total. The first kappa shape index (κ1) is 21.1. The molecule has 1 aliphatic heterocycles. The summed E-state index contributed by atoms with van der Waals surface area (Å²) in [5, 5.41) is 4.88. The van der Waals surface area contributed by atoms with Crippen molar-refractivity contribution in [1.29, 1.82) is 0 Å². The smallest absolute Gasteiger partial charge is 0.224 e. The molecule has 0 radical (unpaired) electrons. The standard InChI is InChI=1S/C21H26N2O5S/c1-26-10-11-28-18-13-16(3-4-17(18)27-2)22-20(24)5-6-21(25)23-9-7-19-15(14-23)8-12-29-19/h3-4,8,12-13H,5-7,9-11,14H2,1-2H3,(H,22,24). The fourth-order valence-electron chi connectivity index (χ4n) is 3.17. The van der Waals surface area contributed by atoms with Crippen LogP contribution in [0.2, 0.25) is 0 Å². The fourth-order valence-corrected chi connectivity index (χ4v) is 4.06.